The van der Waals surface area contributed by atoms with Crippen molar-refractivity contribution >= 4 is 46.4 Å². The Labute approximate surface area is 146 Å². The Bertz CT molecular complexity index is 791. The van der Waals surface area contributed by atoms with Gasteiger partial charge in [0.25, 0.3) is 5.91 Å². The van der Waals surface area contributed by atoms with Gasteiger partial charge >= 0.3 is 0 Å². The number of amides is 2. The van der Waals surface area contributed by atoms with Crippen molar-refractivity contribution in [1.29, 1.82) is 0 Å². The molecule has 1 unspecified atom stereocenters. The summed E-state index contributed by atoms with van der Waals surface area (Å²) in [7, 11) is 0. The van der Waals surface area contributed by atoms with Crippen LogP contribution in [0.25, 0.3) is 0 Å². The summed E-state index contributed by atoms with van der Waals surface area (Å²) in [5, 5.41) is 5.24. The molecule has 2 heterocycles. The number of carbonyl (C=O) groups is 2. The van der Waals surface area contributed by atoms with E-state index in [1.165, 1.54) is 17.4 Å². The fourth-order valence-corrected chi connectivity index (χ4v) is 3.54. The molecular weight excluding hydrogens is 359 g/mol. The average molecular weight is 371 g/mol. The topological polar surface area (TPSA) is 81.4 Å². The number of halogens is 2. The van der Waals surface area contributed by atoms with E-state index in [1.807, 2.05) is 0 Å². The Hall–Kier alpha value is -1.76. The lowest BCUT2D eigenvalue weighted by Gasteiger charge is -2.27. The number of benzene rings is 1. The number of thiophene rings is 1. The third-order valence-electron chi connectivity index (χ3n) is 3.52. The van der Waals surface area contributed by atoms with Crippen LogP contribution >= 0.6 is 34.5 Å². The van der Waals surface area contributed by atoms with Gasteiger partial charge in [-0.15, -0.1) is 11.3 Å². The SMILES string of the molecule is NC(=O)c1csc(C(=O)NC2CCOc3c2ccc(Cl)c3Cl)c1. The van der Waals surface area contributed by atoms with Crippen LogP contribution in [0.3, 0.4) is 0 Å². The van der Waals surface area contributed by atoms with Crippen molar-refractivity contribution in [2.24, 2.45) is 5.73 Å². The highest BCUT2D eigenvalue weighted by molar-refractivity contribution is 7.12. The van der Waals surface area contributed by atoms with Crippen LogP contribution in [0.4, 0.5) is 0 Å². The first kappa shape index (κ1) is 16.1. The van der Waals surface area contributed by atoms with E-state index in [4.69, 9.17) is 33.7 Å². The number of rotatable bonds is 3. The standard InChI is InChI=1S/C15H12Cl2N2O3S/c16-9-2-1-8-10(3-4-22-13(8)12(9)17)19-15(21)11-5-7(6-23-11)14(18)20/h1-2,5-6,10H,3-4H2,(H2,18,20)(H,19,21). The Kier molecular flexibility index (Phi) is 4.48. The summed E-state index contributed by atoms with van der Waals surface area (Å²) in [6.07, 6.45) is 0.616. The second-order valence-corrected chi connectivity index (χ2v) is 6.70. The lowest BCUT2D eigenvalue weighted by Crippen LogP contribution is -2.31. The maximum absolute atomic E-state index is 12.4. The highest BCUT2D eigenvalue weighted by Crippen LogP contribution is 2.41. The minimum Gasteiger partial charge on any atom is -0.492 e. The number of nitrogens with two attached hydrogens (primary N) is 1. The van der Waals surface area contributed by atoms with Gasteiger partial charge in [-0.25, -0.2) is 0 Å². The number of nitrogens with one attached hydrogen (secondary N) is 1. The summed E-state index contributed by atoms with van der Waals surface area (Å²) in [4.78, 5) is 23.9. The van der Waals surface area contributed by atoms with E-state index in [0.717, 1.165) is 5.56 Å². The van der Waals surface area contributed by atoms with Crippen LogP contribution in [0.2, 0.25) is 10.0 Å². The van der Waals surface area contributed by atoms with Gasteiger partial charge in [-0.3, -0.25) is 9.59 Å². The fraction of sp³-hybridized carbons (Fsp3) is 0.200. The highest BCUT2D eigenvalue weighted by atomic mass is 35.5. The second-order valence-electron chi connectivity index (χ2n) is 5.01. The third-order valence-corrected chi connectivity index (χ3v) is 5.24. The molecule has 0 radical (unpaired) electrons. The van der Waals surface area contributed by atoms with E-state index in [9.17, 15) is 9.59 Å². The van der Waals surface area contributed by atoms with E-state index in [0.29, 0.717) is 39.3 Å². The number of primary amides is 1. The van der Waals surface area contributed by atoms with Gasteiger partial charge in [0.2, 0.25) is 5.91 Å². The van der Waals surface area contributed by atoms with E-state index in [-0.39, 0.29) is 11.9 Å². The monoisotopic (exact) mass is 370 g/mol. The maximum atomic E-state index is 12.4. The molecule has 1 aromatic heterocycles. The summed E-state index contributed by atoms with van der Waals surface area (Å²) < 4.78 is 5.56. The minimum atomic E-state index is -0.557. The molecule has 1 aliphatic heterocycles. The lowest BCUT2D eigenvalue weighted by molar-refractivity contribution is 0.0929. The molecule has 1 aliphatic rings. The predicted octanol–water partition coefficient (Wildman–Crippen LogP) is 3.41. The number of hydrogen-bond acceptors (Lipinski definition) is 4. The average Bonchev–Trinajstić information content (AvgIpc) is 3.02. The highest BCUT2D eigenvalue weighted by Gasteiger charge is 2.26. The summed E-state index contributed by atoms with van der Waals surface area (Å²) >= 11 is 13.3. The largest absolute Gasteiger partial charge is 0.492 e. The fourth-order valence-electron chi connectivity index (χ4n) is 2.37. The summed E-state index contributed by atoms with van der Waals surface area (Å²) in [5.41, 5.74) is 6.30. The first-order valence-electron chi connectivity index (χ1n) is 6.77. The van der Waals surface area contributed by atoms with Crippen LogP contribution in [0.5, 0.6) is 5.75 Å². The van der Waals surface area contributed by atoms with E-state index in [1.54, 1.807) is 17.5 Å². The number of ether oxygens (including phenoxy) is 1. The van der Waals surface area contributed by atoms with Gasteiger partial charge in [0.05, 0.1) is 28.1 Å². The molecule has 5 nitrogen and oxygen atoms in total. The molecule has 23 heavy (non-hydrogen) atoms. The molecule has 0 aliphatic carbocycles. The smallest absolute Gasteiger partial charge is 0.261 e. The summed E-state index contributed by atoms with van der Waals surface area (Å²) in [6.45, 7) is 0.426. The lowest BCUT2D eigenvalue weighted by atomic mass is 10.0. The zero-order chi connectivity index (χ0) is 16.6. The zero-order valence-electron chi connectivity index (χ0n) is 11.8. The Morgan fingerprint density at radius 1 is 1.35 bits per heavy atom. The molecule has 1 atom stereocenters. The first-order chi connectivity index (χ1) is 11.0. The first-order valence-corrected chi connectivity index (χ1v) is 8.41. The van der Waals surface area contributed by atoms with Gasteiger partial charge in [-0.2, -0.15) is 0 Å². The molecule has 0 fully saturated rings. The number of carbonyl (C=O) groups excluding carboxylic acids is 2. The van der Waals surface area contributed by atoms with Crippen molar-refractivity contribution in [3.05, 3.63) is 49.6 Å². The van der Waals surface area contributed by atoms with Crippen LogP contribution < -0.4 is 15.8 Å². The molecule has 2 amide bonds. The Morgan fingerprint density at radius 3 is 2.83 bits per heavy atom. The van der Waals surface area contributed by atoms with Crippen LogP contribution in [-0.4, -0.2) is 18.4 Å². The van der Waals surface area contributed by atoms with Crippen LogP contribution in [-0.2, 0) is 0 Å². The quantitative estimate of drug-likeness (QED) is 0.868. The molecule has 120 valence electrons. The van der Waals surface area contributed by atoms with E-state index < -0.39 is 5.91 Å². The third kappa shape index (κ3) is 3.15. The van der Waals surface area contributed by atoms with Gasteiger partial charge in [0.1, 0.15) is 10.8 Å². The van der Waals surface area contributed by atoms with Crippen LogP contribution in [0, 0.1) is 0 Å². The van der Waals surface area contributed by atoms with Gasteiger partial charge in [-0.1, -0.05) is 29.3 Å². The maximum Gasteiger partial charge on any atom is 0.261 e. The Morgan fingerprint density at radius 2 is 2.13 bits per heavy atom. The van der Waals surface area contributed by atoms with Gasteiger partial charge in [-0.05, 0) is 12.1 Å². The zero-order valence-corrected chi connectivity index (χ0v) is 14.1. The van der Waals surface area contributed by atoms with Crippen LogP contribution in [0.15, 0.2) is 23.6 Å². The molecule has 3 N–H and O–H groups in total. The van der Waals surface area contributed by atoms with E-state index >= 15 is 0 Å². The van der Waals surface area contributed by atoms with Crippen molar-refractivity contribution in [1.82, 2.24) is 5.32 Å². The van der Waals surface area contributed by atoms with Crippen molar-refractivity contribution in [3.63, 3.8) is 0 Å². The molecular formula is C15H12Cl2N2O3S. The molecule has 0 spiro atoms. The van der Waals surface area contributed by atoms with Crippen LogP contribution in [0.1, 0.15) is 38.1 Å². The second kappa shape index (κ2) is 6.39. The molecule has 8 heteroatoms. The van der Waals surface area contributed by atoms with Crippen molar-refractivity contribution in [2.75, 3.05) is 6.61 Å². The number of fused-ring (bicyclic) bond motifs is 1. The van der Waals surface area contributed by atoms with Gasteiger partial charge < -0.3 is 15.8 Å². The molecule has 3 rings (SSSR count). The Balaban J connectivity index is 1.83. The normalized spacial score (nSPS) is 16.3. The number of hydrogen-bond donors (Lipinski definition) is 2. The van der Waals surface area contributed by atoms with Crippen molar-refractivity contribution in [2.45, 2.75) is 12.5 Å². The predicted molar refractivity (Wildman–Crippen MR) is 89.6 cm³/mol. The summed E-state index contributed by atoms with van der Waals surface area (Å²) in [6, 6.07) is 4.71. The molecule has 0 saturated carbocycles. The molecule has 0 bridgehead atoms. The van der Waals surface area contributed by atoms with Gasteiger partial charge in [0.15, 0.2) is 0 Å². The van der Waals surface area contributed by atoms with Gasteiger partial charge in [0, 0.05) is 17.4 Å². The van der Waals surface area contributed by atoms with Crippen molar-refractivity contribution in [3.8, 4) is 5.75 Å². The molecule has 0 saturated heterocycles. The minimum absolute atomic E-state index is 0.236. The molecule has 2 aromatic rings. The van der Waals surface area contributed by atoms with Crippen molar-refractivity contribution < 1.29 is 14.3 Å². The summed E-state index contributed by atoms with van der Waals surface area (Å²) in [5.74, 6) is -0.329. The van der Waals surface area contributed by atoms with E-state index in [2.05, 4.69) is 5.32 Å². The molecule has 1 aromatic carbocycles.